The van der Waals surface area contributed by atoms with E-state index in [2.05, 4.69) is 5.32 Å². The van der Waals surface area contributed by atoms with Gasteiger partial charge < -0.3 is 15.8 Å². The summed E-state index contributed by atoms with van der Waals surface area (Å²) in [5.41, 5.74) is 5.87. The van der Waals surface area contributed by atoms with Crippen LogP contribution in [0.15, 0.2) is 53.4 Å². The van der Waals surface area contributed by atoms with Crippen LogP contribution in [0.3, 0.4) is 0 Å². The van der Waals surface area contributed by atoms with Gasteiger partial charge in [0.05, 0.1) is 10.8 Å². The molecule has 0 aliphatic carbocycles. The predicted molar refractivity (Wildman–Crippen MR) is 117 cm³/mol. The minimum atomic E-state index is -3.79. The number of amides is 2. The lowest BCUT2D eigenvalue weighted by Gasteiger charge is -2.30. The van der Waals surface area contributed by atoms with Crippen molar-refractivity contribution >= 4 is 33.5 Å². The highest BCUT2D eigenvalue weighted by Crippen LogP contribution is 2.25. The number of esters is 1. The average Bonchev–Trinajstić information content (AvgIpc) is 2.79. The summed E-state index contributed by atoms with van der Waals surface area (Å²) >= 11 is 0. The van der Waals surface area contributed by atoms with E-state index in [1.165, 1.54) is 47.6 Å². The van der Waals surface area contributed by atoms with Crippen molar-refractivity contribution in [2.75, 3.05) is 18.4 Å². The summed E-state index contributed by atoms with van der Waals surface area (Å²) in [6.07, 6.45) is -0.598. The highest BCUT2D eigenvalue weighted by Gasteiger charge is 2.34. The van der Waals surface area contributed by atoms with Gasteiger partial charge in [0.1, 0.15) is 5.82 Å². The summed E-state index contributed by atoms with van der Waals surface area (Å²) in [7, 11) is -3.79. The Bertz CT molecular complexity index is 1130. The number of halogens is 1. The van der Waals surface area contributed by atoms with E-state index in [-0.39, 0.29) is 30.8 Å². The number of anilines is 1. The lowest BCUT2D eigenvalue weighted by Crippen LogP contribution is -2.41. The van der Waals surface area contributed by atoms with Crippen molar-refractivity contribution in [2.45, 2.75) is 30.8 Å². The monoisotopic (exact) mass is 477 g/mol. The maximum atomic E-state index is 13.1. The molecule has 0 spiro atoms. The van der Waals surface area contributed by atoms with Crippen LogP contribution in [-0.4, -0.2) is 49.7 Å². The molecule has 0 bridgehead atoms. The molecule has 1 atom stereocenters. The summed E-state index contributed by atoms with van der Waals surface area (Å²) in [5, 5.41) is 2.58. The first-order valence-electron chi connectivity index (χ1n) is 10.2. The summed E-state index contributed by atoms with van der Waals surface area (Å²) in [6.45, 7) is 1.64. The van der Waals surface area contributed by atoms with Crippen molar-refractivity contribution in [3.8, 4) is 0 Å². The van der Waals surface area contributed by atoms with Crippen LogP contribution in [0.25, 0.3) is 0 Å². The zero-order valence-corrected chi connectivity index (χ0v) is 18.7. The number of carbonyl (C=O) groups is 3. The van der Waals surface area contributed by atoms with Crippen LogP contribution in [0.5, 0.6) is 0 Å². The van der Waals surface area contributed by atoms with Crippen LogP contribution in [0.2, 0.25) is 0 Å². The topological polar surface area (TPSA) is 136 Å². The molecule has 2 amide bonds. The number of carbonyl (C=O) groups excluding carboxylic acids is 3. The average molecular weight is 478 g/mol. The number of primary amides is 1. The van der Waals surface area contributed by atoms with Gasteiger partial charge in [0, 0.05) is 24.3 Å². The Balaban J connectivity index is 1.51. The predicted octanol–water partition coefficient (Wildman–Crippen LogP) is 1.90. The Labute approximate surface area is 190 Å². The number of sulfonamides is 1. The first-order chi connectivity index (χ1) is 15.6. The molecule has 0 aromatic heterocycles. The molecule has 1 aliphatic rings. The van der Waals surface area contributed by atoms with E-state index in [4.69, 9.17) is 10.5 Å². The molecule has 9 nitrogen and oxygen atoms in total. The van der Waals surface area contributed by atoms with E-state index in [0.717, 1.165) is 12.1 Å². The number of rotatable bonds is 7. The summed E-state index contributed by atoms with van der Waals surface area (Å²) < 4.78 is 45.0. The van der Waals surface area contributed by atoms with Gasteiger partial charge in [0.2, 0.25) is 15.9 Å². The quantitative estimate of drug-likeness (QED) is 0.585. The van der Waals surface area contributed by atoms with E-state index in [0.29, 0.717) is 11.3 Å². The van der Waals surface area contributed by atoms with Gasteiger partial charge in [0.15, 0.2) is 6.10 Å². The maximum absolute atomic E-state index is 13.1. The van der Waals surface area contributed by atoms with Gasteiger partial charge in [-0.25, -0.2) is 12.8 Å². The van der Waals surface area contributed by atoms with Gasteiger partial charge >= 0.3 is 5.97 Å². The fraction of sp³-hybridized carbons (Fsp3) is 0.318. The third kappa shape index (κ3) is 5.93. The molecule has 1 aliphatic heterocycles. The van der Waals surface area contributed by atoms with Crippen molar-refractivity contribution in [1.29, 1.82) is 0 Å². The molecule has 3 N–H and O–H groups in total. The largest absolute Gasteiger partial charge is 0.452 e. The van der Waals surface area contributed by atoms with E-state index in [1.54, 1.807) is 0 Å². The molecule has 0 radical (unpaired) electrons. The molecule has 1 heterocycles. The number of hydrogen-bond donors (Lipinski definition) is 2. The first-order valence-corrected chi connectivity index (χ1v) is 11.7. The molecule has 3 rings (SSSR count). The highest BCUT2D eigenvalue weighted by molar-refractivity contribution is 7.89. The Hall–Kier alpha value is -3.31. The van der Waals surface area contributed by atoms with Gasteiger partial charge in [-0.3, -0.25) is 14.4 Å². The number of hydrogen-bond acceptors (Lipinski definition) is 6. The van der Waals surface area contributed by atoms with E-state index < -0.39 is 45.6 Å². The highest BCUT2D eigenvalue weighted by atomic mass is 32.2. The number of nitrogens with two attached hydrogens (primary N) is 1. The zero-order chi connectivity index (χ0) is 24.2. The lowest BCUT2D eigenvalue weighted by atomic mass is 9.98. The molecule has 2 aromatic rings. The second kappa shape index (κ2) is 10.1. The third-order valence-corrected chi connectivity index (χ3v) is 7.25. The van der Waals surface area contributed by atoms with Crippen LogP contribution in [0.1, 0.15) is 30.1 Å². The number of piperidine rings is 1. The van der Waals surface area contributed by atoms with Crippen LogP contribution < -0.4 is 11.1 Å². The second-order valence-corrected chi connectivity index (χ2v) is 9.58. The number of ether oxygens (including phenoxy) is 1. The van der Waals surface area contributed by atoms with Gasteiger partial charge in [-0.15, -0.1) is 0 Å². The number of benzene rings is 2. The van der Waals surface area contributed by atoms with E-state index in [9.17, 15) is 27.2 Å². The summed E-state index contributed by atoms with van der Waals surface area (Å²) in [4.78, 5) is 35.9. The molecule has 1 saturated heterocycles. The Morgan fingerprint density at radius 3 is 2.18 bits per heavy atom. The van der Waals surface area contributed by atoms with Crippen LogP contribution >= 0.6 is 0 Å². The number of nitrogens with zero attached hydrogens (tertiary/aromatic N) is 1. The van der Waals surface area contributed by atoms with E-state index in [1.807, 2.05) is 0 Å². The fourth-order valence-corrected chi connectivity index (χ4v) is 4.84. The molecule has 1 fully saturated rings. The van der Waals surface area contributed by atoms with Crippen LogP contribution in [-0.2, 0) is 24.3 Å². The Kier molecular flexibility index (Phi) is 7.44. The van der Waals surface area contributed by atoms with Crippen molar-refractivity contribution in [1.82, 2.24) is 4.31 Å². The van der Waals surface area contributed by atoms with Crippen molar-refractivity contribution in [3.63, 3.8) is 0 Å². The molecule has 176 valence electrons. The molecule has 11 heteroatoms. The standard InChI is InChI=1S/C22H24FN3O6S/c1-14(21(28)25-18-6-2-15(3-7-18)20(24)27)32-22(29)16-10-12-26(13-11-16)33(30,31)19-8-4-17(23)5-9-19/h2-9,14,16H,10-13H2,1H3,(H2,24,27)(H,25,28). The molecular formula is C22H24FN3O6S. The first kappa shape index (κ1) is 24.3. The maximum Gasteiger partial charge on any atom is 0.309 e. The van der Waals surface area contributed by atoms with E-state index >= 15 is 0 Å². The molecule has 1 unspecified atom stereocenters. The minimum absolute atomic E-state index is 0.0147. The molecule has 0 saturated carbocycles. The molecule has 33 heavy (non-hydrogen) atoms. The van der Waals surface area contributed by atoms with Gasteiger partial charge in [-0.2, -0.15) is 4.31 Å². The second-order valence-electron chi connectivity index (χ2n) is 7.64. The lowest BCUT2D eigenvalue weighted by molar-refractivity contribution is -0.158. The van der Waals surface area contributed by atoms with Gasteiger partial charge in [-0.05, 0) is 68.3 Å². The van der Waals surface area contributed by atoms with Crippen molar-refractivity contribution in [3.05, 3.63) is 59.9 Å². The fourth-order valence-electron chi connectivity index (χ4n) is 3.37. The summed E-state index contributed by atoms with van der Waals surface area (Å²) in [6, 6.07) is 10.5. The SMILES string of the molecule is CC(OC(=O)C1CCN(S(=O)(=O)c2ccc(F)cc2)CC1)C(=O)Nc1ccc(C(N)=O)cc1. The third-order valence-electron chi connectivity index (χ3n) is 5.34. The Morgan fingerprint density at radius 2 is 1.64 bits per heavy atom. The van der Waals surface area contributed by atoms with Gasteiger partial charge in [-0.1, -0.05) is 0 Å². The normalized spacial score (nSPS) is 16.1. The summed E-state index contributed by atoms with van der Waals surface area (Å²) in [5.74, 6) is -2.80. The molecule has 2 aromatic carbocycles. The zero-order valence-electron chi connectivity index (χ0n) is 17.9. The van der Waals surface area contributed by atoms with Crippen molar-refractivity contribution in [2.24, 2.45) is 11.7 Å². The van der Waals surface area contributed by atoms with Crippen LogP contribution in [0, 0.1) is 11.7 Å². The van der Waals surface area contributed by atoms with Crippen LogP contribution in [0.4, 0.5) is 10.1 Å². The minimum Gasteiger partial charge on any atom is -0.452 e. The van der Waals surface area contributed by atoms with Gasteiger partial charge in [0.25, 0.3) is 5.91 Å². The Morgan fingerprint density at radius 1 is 1.06 bits per heavy atom. The van der Waals surface area contributed by atoms with Crippen molar-refractivity contribution < 1.29 is 31.9 Å². The smallest absolute Gasteiger partial charge is 0.309 e. The number of nitrogens with one attached hydrogen (secondary N) is 1. The molecular weight excluding hydrogens is 453 g/mol.